The van der Waals surface area contributed by atoms with E-state index in [1.165, 1.54) is 15.3 Å². The Morgan fingerprint density at radius 2 is 1.95 bits per heavy atom. The van der Waals surface area contributed by atoms with Crippen molar-refractivity contribution in [1.82, 2.24) is 9.21 Å². The van der Waals surface area contributed by atoms with Gasteiger partial charge in [-0.2, -0.15) is 4.31 Å². The topological polar surface area (TPSA) is 57.7 Å². The summed E-state index contributed by atoms with van der Waals surface area (Å²) in [6.07, 6.45) is 0. The second-order valence-electron chi connectivity index (χ2n) is 4.40. The number of piperazine rings is 1. The summed E-state index contributed by atoms with van der Waals surface area (Å²) >= 11 is 5.77. The van der Waals surface area contributed by atoms with Gasteiger partial charge in [-0.15, -0.1) is 11.6 Å². The minimum atomic E-state index is -3.66. The number of rotatable bonds is 3. The highest BCUT2D eigenvalue weighted by Crippen LogP contribution is 2.22. The fourth-order valence-corrected chi connectivity index (χ4v) is 3.86. The number of nitrogens with zero attached hydrogens (tertiary/aromatic N) is 2. The molecule has 0 radical (unpaired) electrons. The van der Waals surface area contributed by atoms with Gasteiger partial charge in [0.05, 0.1) is 11.4 Å². The Hall–Kier alpha value is -1.11. The predicted octanol–water partition coefficient (Wildman–Crippen LogP) is 0.888. The van der Waals surface area contributed by atoms with Crippen molar-refractivity contribution in [2.24, 2.45) is 0 Å². The Morgan fingerprint density at radius 1 is 1.26 bits per heavy atom. The molecule has 0 bridgehead atoms. The predicted molar refractivity (Wildman–Crippen MR) is 72.4 cm³/mol. The van der Waals surface area contributed by atoms with E-state index in [1.807, 2.05) is 0 Å². The molecule has 1 aromatic carbocycles. The number of benzene rings is 1. The van der Waals surface area contributed by atoms with Crippen LogP contribution >= 0.6 is 11.6 Å². The summed E-state index contributed by atoms with van der Waals surface area (Å²) in [7, 11) is -1.99. The Labute approximate surface area is 117 Å². The number of hydrogen-bond donors (Lipinski definition) is 0. The monoisotopic (exact) mass is 302 g/mol. The largest absolute Gasteiger partial charge is 0.343 e. The molecule has 1 aromatic rings. The minimum Gasteiger partial charge on any atom is -0.343 e. The number of sulfonamides is 1. The molecule has 1 aliphatic heterocycles. The second-order valence-corrected chi connectivity index (χ2v) is 6.57. The van der Waals surface area contributed by atoms with E-state index in [1.54, 1.807) is 25.2 Å². The van der Waals surface area contributed by atoms with Gasteiger partial charge < -0.3 is 4.90 Å². The van der Waals surface area contributed by atoms with Crippen LogP contribution in [0.3, 0.4) is 0 Å². The molecule has 0 aliphatic carbocycles. The molecule has 7 heteroatoms. The highest BCUT2D eigenvalue weighted by Gasteiger charge is 2.32. The molecule has 1 amide bonds. The van der Waals surface area contributed by atoms with Crippen molar-refractivity contribution in [1.29, 1.82) is 0 Å². The van der Waals surface area contributed by atoms with Gasteiger partial charge in [0.15, 0.2) is 0 Å². The number of likely N-dealkylation sites (N-methyl/N-ethyl adjacent to an activating group) is 1. The first-order valence-electron chi connectivity index (χ1n) is 5.85. The minimum absolute atomic E-state index is 0.116. The van der Waals surface area contributed by atoms with Crippen molar-refractivity contribution in [3.05, 3.63) is 29.8 Å². The Bertz CT molecular complexity index is 588. The van der Waals surface area contributed by atoms with Crippen LogP contribution < -0.4 is 0 Å². The lowest BCUT2D eigenvalue weighted by atomic mass is 10.2. The van der Waals surface area contributed by atoms with Gasteiger partial charge in [0.2, 0.25) is 15.9 Å². The number of carbonyl (C=O) groups excluding carboxylic acids is 1. The summed E-state index contributed by atoms with van der Waals surface area (Å²) in [5.41, 5.74) is 0.551. The van der Waals surface area contributed by atoms with Gasteiger partial charge in [-0.25, -0.2) is 8.42 Å². The summed E-state index contributed by atoms with van der Waals surface area (Å²) in [4.78, 5) is 13.3. The van der Waals surface area contributed by atoms with Gasteiger partial charge in [0, 0.05) is 26.0 Å². The molecule has 0 N–H and O–H groups in total. The molecule has 0 aromatic heterocycles. The number of halogens is 1. The SMILES string of the molecule is CN1CCN(S(=O)(=O)c2ccccc2CCl)CC1=O. The smallest absolute Gasteiger partial charge is 0.243 e. The maximum Gasteiger partial charge on any atom is 0.243 e. The number of alkyl halides is 1. The van der Waals surface area contributed by atoms with Crippen LogP contribution in [0.1, 0.15) is 5.56 Å². The van der Waals surface area contributed by atoms with Crippen LogP contribution in [0.5, 0.6) is 0 Å². The molecule has 2 rings (SSSR count). The summed E-state index contributed by atoms with van der Waals surface area (Å²) in [5, 5.41) is 0. The number of hydrogen-bond acceptors (Lipinski definition) is 3. The molecule has 1 saturated heterocycles. The zero-order valence-corrected chi connectivity index (χ0v) is 12.1. The fraction of sp³-hybridized carbons (Fsp3) is 0.417. The number of amides is 1. The van der Waals surface area contributed by atoms with E-state index in [2.05, 4.69) is 0 Å². The van der Waals surface area contributed by atoms with E-state index < -0.39 is 10.0 Å². The van der Waals surface area contributed by atoms with E-state index in [0.29, 0.717) is 18.7 Å². The van der Waals surface area contributed by atoms with Crippen molar-refractivity contribution in [3.8, 4) is 0 Å². The lowest BCUT2D eigenvalue weighted by Crippen LogP contribution is -2.50. The van der Waals surface area contributed by atoms with Crippen molar-refractivity contribution < 1.29 is 13.2 Å². The van der Waals surface area contributed by atoms with Gasteiger partial charge in [-0.1, -0.05) is 18.2 Å². The van der Waals surface area contributed by atoms with Crippen molar-refractivity contribution in [2.45, 2.75) is 10.8 Å². The zero-order valence-electron chi connectivity index (χ0n) is 10.5. The van der Waals surface area contributed by atoms with Gasteiger partial charge in [0.1, 0.15) is 0 Å². The first kappa shape index (κ1) is 14.3. The molecule has 0 spiro atoms. The molecular formula is C12H15ClN2O3S. The van der Waals surface area contributed by atoms with Crippen LogP contribution in [0, 0.1) is 0 Å². The third kappa shape index (κ3) is 2.75. The van der Waals surface area contributed by atoms with Crippen LogP contribution in [-0.4, -0.2) is 50.2 Å². The molecule has 1 heterocycles. The summed E-state index contributed by atoms with van der Waals surface area (Å²) in [6.45, 7) is 0.595. The number of carbonyl (C=O) groups is 1. The van der Waals surface area contributed by atoms with Crippen LogP contribution in [-0.2, 0) is 20.7 Å². The van der Waals surface area contributed by atoms with E-state index in [9.17, 15) is 13.2 Å². The normalized spacial score (nSPS) is 17.8. The molecule has 0 unspecified atom stereocenters. The maximum absolute atomic E-state index is 12.5. The quantitative estimate of drug-likeness (QED) is 0.779. The van der Waals surface area contributed by atoms with E-state index in [-0.39, 0.29) is 23.2 Å². The molecule has 1 fully saturated rings. The lowest BCUT2D eigenvalue weighted by Gasteiger charge is -2.31. The Morgan fingerprint density at radius 3 is 2.58 bits per heavy atom. The highest BCUT2D eigenvalue weighted by atomic mass is 35.5. The van der Waals surface area contributed by atoms with Crippen molar-refractivity contribution in [3.63, 3.8) is 0 Å². The molecular weight excluding hydrogens is 288 g/mol. The standard InChI is InChI=1S/C12H15ClN2O3S/c1-14-6-7-15(9-12(14)16)19(17,18)11-5-3-2-4-10(11)8-13/h2-5H,6-9H2,1H3. The molecule has 5 nitrogen and oxygen atoms in total. The summed E-state index contributed by atoms with van der Waals surface area (Å²) in [5.74, 6) is -0.0740. The molecule has 0 saturated carbocycles. The lowest BCUT2D eigenvalue weighted by molar-refractivity contribution is -0.132. The molecule has 19 heavy (non-hydrogen) atoms. The van der Waals surface area contributed by atoms with E-state index >= 15 is 0 Å². The third-order valence-electron chi connectivity index (χ3n) is 3.16. The van der Waals surface area contributed by atoms with Gasteiger partial charge in [-0.3, -0.25) is 4.79 Å². The Kier molecular flexibility index (Phi) is 4.13. The molecule has 1 aliphatic rings. The zero-order chi connectivity index (χ0) is 14.0. The molecule has 0 atom stereocenters. The van der Waals surface area contributed by atoms with Crippen LogP contribution in [0.2, 0.25) is 0 Å². The van der Waals surface area contributed by atoms with Crippen LogP contribution in [0.25, 0.3) is 0 Å². The Balaban J connectivity index is 2.35. The van der Waals surface area contributed by atoms with E-state index in [0.717, 1.165) is 0 Å². The highest BCUT2D eigenvalue weighted by molar-refractivity contribution is 7.89. The van der Waals surface area contributed by atoms with Crippen LogP contribution in [0.4, 0.5) is 0 Å². The first-order chi connectivity index (χ1) is 8.96. The van der Waals surface area contributed by atoms with Crippen LogP contribution in [0.15, 0.2) is 29.2 Å². The third-order valence-corrected chi connectivity index (χ3v) is 5.39. The second kappa shape index (κ2) is 5.48. The van der Waals surface area contributed by atoms with Crippen molar-refractivity contribution >= 4 is 27.5 Å². The average molecular weight is 303 g/mol. The van der Waals surface area contributed by atoms with Gasteiger partial charge in [-0.05, 0) is 11.6 Å². The fourth-order valence-electron chi connectivity index (χ4n) is 1.95. The average Bonchev–Trinajstić information content (AvgIpc) is 2.41. The van der Waals surface area contributed by atoms with Crippen molar-refractivity contribution in [2.75, 3.05) is 26.7 Å². The molecule has 104 valence electrons. The van der Waals surface area contributed by atoms with E-state index in [4.69, 9.17) is 11.6 Å². The van der Waals surface area contributed by atoms with Gasteiger partial charge >= 0.3 is 0 Å². The first-order valence-corrected chi connectivity index (χ1v) is 7.82. The summed E-state index contributed by atoms with van der Waals surface area (Å²) < 4.78 is 26.2. The maximum atomic E-state index is 12.5. The van der Waals surface area contributed by atoms with Gasteiger partial charge in [0.25, 0.3) is 0 Å². The summed E-state index contributed by atoms with van der Waals surface area (Å²) in [6, 6.07) is 6.60.